The zero-order valence-corrected chi connectivity index (χ0v) is 29.0. The van der Waals surface area contributed by atoms with Crippen molar-refractivity contribution in [1.29, 1.82) is 5.26 Å². The zero-order chi connectivity index (χ0) is 36.8. The van der Waals surface area contributed by atoms with E-state index in [0.29, 0.717) is 36.2 Å². The molecule has 0 radical (unpaired) electrons. The molecule has 0 amide bonds. The molecule has 3 atom stereocenters. The van der Waals surface area contributed by atoms with Crippen molar-refractivity contribution in [3.8, 4) is 23.2 Å². The molecule has 17 heteroatoms. The lowest BCUT2D eigenvalue weighted by Gasteiger charge is -2.35. The number of ether oxygens (including phenoxy) is 1. The van der Waals surface area contributed by atoms with Gasteiger partial charge in [-0.05, 0) is 50.4 Å². The highest BCUT2D eigenvalue weighted by atomic mass is 32.1. The minimum atomic E-state index is -5.05. The van der Waals surface area contributed by atoms with E-state index in [2.05, 4.69) is 25.2 Å². The number of halogens is 6. The molecule has 8 rings (SSSR count). The normalized spacial score (nSPS) is 19.9. The van der Waals surface area contributed by atoms with Gasteiger partial charge in [0.25, 0.3) is 0 Å². The molecule has 51 heavy (non-hydrogen) atoms. The Kier molecular flexibility index (Phi) is 10.0. The van der Waals surface area contributed by atoms with E-state index in [4.69, 9.17) is 10.5 Å². The number of hydrogen-bond donors (Lipinski definition) is 1. The van der Waals surface area contributed by atoms with Gasteiger partial charge in [-0.3, -0.25) is 4.90 Å². The van der Waals surface area contributed by atoms with Crippen molar-refractivity contribution in [2.45, 2.75) is 77.6 Å². The van der Waals surface area contributed by atoms with E-state index >= 15 is 4.39 Å². The van der Waals surface area contributed by atoms with Crippen LogP contribution in [-0.4, -0.2) is 68.3 Å². The van der Waals surface area contributed by atoms with Crippen LogP contribution in [0.2, 0.25) is 0 Å². The summed E-state index contributed by atoms with van der Waals surface area (Å²) in [7, 11) is 1.25. The third kappa shape index (κ3) is 6.50. The number of nitrogens with zero attached hydrogens (tertiary/aromatic N) is 8. The minimum absolute atomic E-state index is 0.0273. The molecule has 2 fully saturated rings. The molecule has 6 heterocycles. The van der Waals surface area contributed by atoms with Crippen LogP contribution in [0.15, 0.2) is 24.4 Å². The molecule has 0 aliphatic carbocycles. The number of rotatable bonds is 3. The summed E-state index contributed by atoms with van der Waals surface area (Å²) in [6, 6.07) is 4.53. The predicted molar refractivity (Wildman–Crippen MR) is 182 cm³/mol. The second-order valence-corrected chi connectivity index (χ2v) is 13.4. The topological polar surface area (TPSA) is 122 Å². The largest absolute Gasteiger partial charge is 0.467 e. The number of methoxy groups -OCH3 is 1. The van der Waals surface area contributed by atoms with Crippen molar-refractivity contribution in [3.05, 3.63) is 52.9 Å². The van der Waals surface area contributed by atoms with Crippen molar-refractivity contribution in [2.24, 2.45) is 0 Å². The first-order chi connectivity index (χ1) is 24.4. The molecule has 2 aromatic carbocycles. The van der Waals surface area contributed by atoms with Gasteiger partial charge < -0.3 is 15.4 Å². The van der Waals surface area contributed by atoms with E-state index in [-0.39, 0.29) is 56.0 Å². The van der Waals surface area contributed by atoms with E-state index < -0.39 is 40.6 Å². The summed E-state index contributed by atoms with van der Waals surface area (Å²) >= 11 is 0.696. The molecular weight excluding hydrogens is 696 g/mol. The van der Waals surface area contributed by atoms with E-state index in [9.17, 15) is 27.2 Å². The van der Waals surface area contributed by atoms with E-state index in [1.165, 1.54) is 26.1 Å². The third-order valence-electron chi connectivity index (χ3n) is 9.31. The van der Waals surface area contributed by atoms with Gasteiger partial charge in [-0.15, -0.1) is 16.4 Å². The van der Waals surface area contributed by atoms with Crippen LogP contribution in [0.4, 0.5) is 37.2 Å². The molecule has 0 saturated carbocycles. The smallest absolute Gasteiger partial charge is 0.417 e. The van der Waals surface area contributed by atoms with Crippen LogP contribution in [0.25, 0.3) is 32.1 Å². The Morgan fingerprint density at radius 2 is 1.90 bits per heavy atom. The van der Waals surface area contributed by atoms with Crippen LogP contribution in [0.5, 0.6) is 6.01 Å². The number of alkyl halides is 4. The Hall–Kier alpha value is -4.69. The van der Waals surface area contributed by atoms with Crippen LogP contribution < -0.4 is 15.4 Å². The molecule has 0 spiro atoms. The molecule has 3 unspecified atom stereocenters. The Morgan fingerprint density at radius 1 is 1.14 bits per heavy atom. The summed E-state index contributed by atoms with van der Waals surface area (Å²) in [4.78, 5) is 12.4. The second kappa shape index (κ2) is 14.1. The molecular formula is C34H35F6N9OS. The number of thiophene rings is 1. The summed E-state index contributed by atoms with van der Waals surface area (Å²) in [6.45, 7) is 8.22. The lowest BCUT2D eigenvalue weighted by Crippen LogP contribution is -2.42. The van der Waals surface area contributed by atoms with Gasteiger partial charge in [0.1, 0.15) is 34.4 Å². The average molecular weight is 732 g/mol. The number of hydrogen-bond acceptors (Lipinski definition) is 10. The molecule has 0 bridgehead atoms. The summed E-state index contributed by atoms with van der Waals surface area (Å²) in [5.41, 5.74) is 3.31. The molecule has 2 saturated heterocycles. The minimum Gasteiger partial charge on any atom is -0.467 e. The van der Waals surface area contributed by atoms with Crippen LogP contribution in [-0.2, 0) is 19.3 Å². The number of anilines is 2. The maximum Gasteiger partial charge on any atom is 0.417 e. The van der Waals surface area contributed by atoms with E-state index in [1.54, 1.807) is 15.7 Å². The van der Waals surface area contributed by atoms with Gasteiger partial charge in [0.05, 0.1) is 47.9 Å². The Morgan fingerprint density at radius 3 is 2.59 bits per heavy atom. The van der Waals surface area contributed by atoms with Gasteiger partial charge in [-0.1, -0.05) is 25.1 Å². The van der Waals surface area contributed by atoms with Gasteiger partial charge in [0.15, 0.2) is 5.82 Å². The fourth-order valence-electron chi connectivity index (χ4n) is 7.04. The summed E-state index contributed by atoms with van der Waals surface area (Å²) in [6.07, 6.45) is -0.710. The molecule has 5 aromatic rings. The molecule has 3 aliphatic rings. The molecule has 3 aliphatic heterocycles. The van der Waals surface area contributed by atoms with Crippen LogP contribution >= 0.6 is 11.3 Å². The van der Waals surface area contributed by atoms with Gasteiger partial charge in [0, 0.05) is 35.0 Å². The maximum atomic E-state index is 16.5. The van der Waals surface area contributed by atoms with E-state index in [0.717, 1.165) is 31.2 Å². The van der Waals surface area contributed by atoms with Crippen LogP contribution in [0, 0.1) is 23.0 Å². The standard InChI is InChI=1S/C25H17F5N8OS.C7H12FN.C2H6/c1-10-8-38-11(7-33-36-38)9-37(10)23-13-5-15(25(28,29)30)18(19(27)20(13)34-24(35-23)39-2)12-3-4-16(26)21-17(12)14(6-31)22(32)40-21;8-6-4-7-2-1-3-9(7)5-6;1-2/h3-5,7,10H,8-9,32H2,1-2H3;6-7H,1-5H2;1-2H3. The third-order valence-corrected chi connectivity index (χ3v) is 10.3. The summed E-state index contributed by atoms with van der Waals surface area (Å²) in [5, 5.41) is 17.0. The first-order valence-electron chi connectivity index (χ1n) is 16.5. The lowest BCUT2D eigenvalue weighted by atomic mass is 9.92. The van der Waals surface area contributed by atoms with Gasteiger partial charge in [0.2, 0.25) is 0 Å². The van der Waals surface area contributed by atoms with Gasteiger partial charge in [-0.25, -0.2) is 17.9 Å². The zero-order valence-electron chi connectivity index (χ0n) is 28.2. The van der Waals surface area contributed by atoms with Gasteiger partial charge >= 0.3 is 12.2 Å². The first kappa shape index (κ1) is 36.1. The van der Waals surface area contributed by atoms with Crippen molar-refractivity contribution >= 4 is 43.1 Å². The van der Waals surface area contributed by atoms with Crippen molar-refractivity contribution in [1.82, 2.24) is 29.9 Å². The highest BCUT2D eigenvalue weighted by Gasteiger charge is 2.39. The van der Waals surface area contributed by atoms with Crippen molar-refractivity contribution in [2.75, 3.05) is 30.8 Å². The molecule has 3 aromatic heterocycles. The molecule has 2 N–H and O–H groups in total. The second-order valence-electron chi connectivity index (χ2n) is 12.3. The van der Waals surface area contributed by atoms with Crippen LogP contribution in [0.3, 0.4) is 0 Å². The Bertz CT molecular complexity index is 2120. The predicted octanol–water partition coefficient (Wildman–Crippen LogP) is 7.49. The highest BCUT2D eigenvalue weighted by Crippen LogP contribution is 2.48. The first-order valence-corrected chi connectivity index (χ1v) is 17.3. The lowest BCUT2D eigenvalue weighted by molar-refractivity contribution is -0.137. The van der Waals surface area contributed by atoms with Crippen LogP contribution in [0.1, 0.15) is 56.9 Å². The summed E-state index contributed by atoms with van der Waals surface area (Å²) < 4.78 is 94.3. The monoisotopic (exact) mass is 731 g/mol. The number of aromatic nitrogens is 5. The Balaban J connectivity index is 0.000000348. The molecule has 270 valence electrons. The summed E-state index contributed by atoms with van der Waals surface area (Å²) in [5.74, 6) is -2.10. The number of fused-ring (bicyclic) bond motifs is 4. The fourth-order valence-corrected chi connectivity index (χ4v) is 7.99. The van der Waals surface area contributed by atoms with Crippen molar-refractivity contribution < 1.29 is 31.1 Å². The maximum absolute atomic E-state index is 16.5. The average Bonchev–Trinajstić information content (AvgIpc) is 3.89. The SMILES string of the molecule is CC.COc1nc(N2Cc3cnnn3CC2C)c2cc(C(F)(F)F)c(-c3ccc(F)c4sc(N)c(C#N)c34)c(F)c2n1.FC1CC2CCCN2C1. The highest BCUT2D eigenvalue weighted by molar-refractivity contribution is 7.23. The Labute approximate surface area is 293 Å². The number of benzene rings is 2. The van der Waals surface area contributed by atoms with Crippen molar-refractivity contribution in [3.63, 3.8) is 0 Å². The number of nitriles is 1. The quantitative estimate of drug-likeness (QED) is 0.188. The fraction of sp³-hybridized carbons (Fsp3) is 0.441. The van der Waals surface area contributed by atoms with Gasteiger partial charge in [-0.2, -0.15) is 28.4 Å². The number of nitrogen functional groups attached to an aromatic ring is 1. The molecule has 10 nitrogen and oxygen atoms in total. The van der Waals surface area contributed by atoms with E-state index in [1.807, 2.05) is 20.8 Å². The number of nitrogens with two attached hydrogens (primary N) is 1.